The molecule has 1 aromatic heterocycles. The average molecular weight is 437 g/mol. The van der Waals surface area contributed by atoms with Crippen molar-refractivity contribution in [1.82, 2.24) is 9.55 Å². The number of nitrogens with one attached hydrogen (secondary N) is 2. The molecule has 2 amide bonds. The predicted octanol–water partition coefficient (Wildman–Crippen LogP) is 5.36. The number of benzene rings is 2. The van der Waals surface area contributed by atoms with E-state index >= 15 is 0 Å². The lowest BCUT2D eigenvalue weighted by molar-refractivity contribution is -0.120. The minimum atomic E-state index is -0.276. The van der Waals surface area contributed by atoms with E-state index in [-0.39, 0.29) is 17.7 Å². The minimum absolute atomic E-state index is 0.124. The molecule has 0 bridgehead atoms. The largest absolute Gasteiger partial charge is 0.332 e. The Kier molecular flexibility index (Phi) is 6.67. The van der Waals surface area contributed by atoms with Crippen molar-refractivity contribution in [3.8, 4) is 0 Å². The second-order valence-corrected chi connectivity index (χ2v) is 8.35. The van der Waals surface area contributed by atoms with Crippen LogP contribution in [0.25, 0.3) is 0 Å². The van der Waals surface area contributed by atoms with Crippen LogP contribution < -0.4 is 10.6 Å². The zero-order valence-electron chi connectivity index (χ0n) is 17.2. The van der Waals surface area contributed by atoms with Crippen molar-refractivity contribution in [3.05, 3.63) is 77.3 Å². The minimum Gasteiger partial charge on any atom is -0.332 e. The van der Waals surface area contributed by atoms with Gasteiger partial charge in [-0.1, -0.05) is 43.0 Å². The highest BCUT2D eigenvalue weighted by atomic mass is 35.5. The van der Waals surface area contributed by atoms with Gasteiger partial charge in [-0.2, -0.15) is 0 Å². The van der Waals surface area contributed by atoms with Gasteiger partial charge in [-0.25, -0.2) is 4.98 Å². The first-order valence-corrected chi connectivity index (χ1v) is 10.9. The fourth-order valence-electron chi connectivity index (χ4n) is 3.81. The second-order valence-electron chi connectivity index (χ2n) is 7.91. The molecule has 0 atom stereocenters. The molecule has 4 rings (SSSR count). The summed E-state index contributed by atoms with van der Waals surface area (Å²) in [6.07, 6.45) is 8.83. The van der Waals surface area contributed by atoms with Gasteiger partial charge in [-0.3, -0.25) is 9.59 Å². The van der Waals surface area contributed by atoms with Crippen LogP contribution >= 0.6 is 11.6 Å². The third kappa shape index (κ3) is 5.73. The maximum atomic E-state index is 12.4. The summed E-state index contributed by atoms with van der Waals surface area (Å²) in [4.78, 5) is 29.0. The van der Waals surface area contributed by atoms with E-state index in [0.29, 0.717) is 22.9 Å². The average Bonchev–Trinajstić information content (AvgIpc) is 3.26. The summed E-state index contributed by atoms with van der Waals surface area (Å²) in [5.74, 6) is -0.0166. The Hall–Kier alpha value is -3.12. The molecule has 6 nitrogen and oxygen atoms in total. The van der Waals surface area contributed by atoms with Crippen LogP contribution in [0.5, 0.6) is 0 Å². The van der Waals surface area contributed by atoms with Crippen LogP contribution in [-0.2, 0) is 11.3 Å². The molecule has 3 aromatic rings. The van der Waals surface area contributed by atoms with Gasteiger partial charge in [0, 0.05) is 35.1 Å². The van der Waals surface area contributed by atoms with Gasteiger partial charge >= 0.3 is 0 Å². The number of halogens is 1. The van der Waals surface area contributed by atoms with Crippen LogP contribution in [-0.4, -0.2) is 21.4 Å². The summed E-state index contributed by atoms with van der Waals surface area (Å²) in [5.41, 5.74) is 2.87. The highest BCUT2D eigenvalue weighted by Crippen LogP contribution is 2.25. The lowest BCUT2D eigenvalue weighted by Crippen LogP contribution is -2.24. The van der Waals surface area contributed by atoms with Crippen molar-refractivity contribution in [1.29, 1.82) is 0 Å². The molecule has 2 N–H and O–H groups in total. The van der Waals surface area contributed by atoms with E-state index in [2.05, 4.69) is 15.6 Å². The summed E-state index contributed by atoms with van der Waals surface area (Å²) in [5, 5.41) is 6.44. The first-order chi connectivity index (χ1) is 15.1. The molecule has 0 radical (unpaired) electrons. The Morgan fingerprint density at radius 2 is 1.58 bits per heavy atom. The number of carbonyl (C=O) groups excluding carboxylic acids is 2. The molecule has 31 heavy (non-hydrogen) atoms. The van der Waals surface area contributed by atoms with Crippen molar-refractivity contribution in [3.63, 3.8) is 0 Å². The molecule has 2 aromatic carbocycles. The molecule has 160 valence electrons. The van der Waals surface area contributed by atoms with Crippen molar-refractivity contribution in [2.45, 2.75) is 38.6 Å². The van der Waals surface area contributed by atoms with E-state index in [9.17, 15) is 9.59 Å². The fraction of sp³-hybridized carbons (Fsp3) is 0.292. The first-order valence-electron chi connectivity index (χ1n) is 10.6. The molecule has 1 aliphatic carbocycles. The standard InChI is InChI=1S/C24H25ClN4O2/c25-19-8-12-21(13-9-19)28-24(31)22-15-29(16-26-22)14-17-6-10-20(11-7-17)27-23(30)18-4-2-1-3-5-18/h6-13,15-16,18H,1-5,14H2,(H,27,30)(H,28,31). The Bertz CT molecular complexity index is 1040. The number of rotatable bonds is 6. The third-order valence-electron chi connectivity index (χ3n) is 5.53. The van der Waals surface area contributed by atoms with Gasteiger partial charge in [0.1, 0.15) is 5.69 Å². The van der Waals surface area contributed by atoms with Gasteiger partial charge in [0.25, 0.3) is 5.91 Å². The summed E-state index contributed by atoms with van der Waals surface area (Å²) in [7, 11) is 0. The number of imidazole rings is 1. The van der Waals surface area contributed by atoms with Crippen molar-refractivity contribution in [2.75, 3.05) is 10.6 Å². The van der Waals surface area contributed by atoms with E-state index in [1.807, 2.05) is 28.8 Å². The van der Waals surface area contributed by atoms with Crippen LogP contribution in [0, 0.1) is 5.92 Å². The lowest BCUT2D eigenvalue weighted by Gasteiger charge is -2.20. The van der Waals surface area contributed by atoms with E-state index in [0.717, 1.165) is 36.9 Å². The number of hydrogen-bond donors (Lipinski definition) is 2. The highest BCUT2D eigenvalue weighted by molar-refractivity contribution is 6.30. The van der Waals surface area contributed by atoms with Gasteiger partial charge in [0.05, 0.1) is 6.33 Å². The van der Waals surface area contributed by atoms with Crippen LogP contribution in [0.3, 0.4) is 0 Å². The topological polar surface area (TPSA) is 76.0 Å². The monoisotopic (exact) mass is 436 g/mol. The van der Waals surface area contributed by atoms with Crippen molar-refractivity contribution in [2.24, 2.45) is 5.92 Å². The van der Waals surface area contributed by atoms with Gasteiger partial charge < -0.3 is 15.2 Å². The molecule has 0 aliphatic heterocycles. The zero-order chi connectivity index (χ0) is 21.6. The maximum Gasteiger partial charge on any atom is 0.275 e. The van der Waals surface area contributed by atoms with Crippen LogP contribution in [0.1, 0.15) is 48.2 Å². The van der Waals surface area contributed by atoms with E-state index in [1.54, 1.807) is 36.8 Å². The smallest absolute Gasteiger partial charge is 0.275 e. The van der Waals surface area contributed by atoms with Crippen LogP contribution in [0.15, 0.2) is 61.1 Å². The van der Waals surface area contributed by atoms with E-state index in [4.69, 9.17) is 11.6 Å². The molecule has 1 heterocycles. The summed E-state index contributed by atoms with van der Waals surface area (Å²) in [6.45, 7) is 0.581. The zero-order valence-corrected chi connectivity index (χ0v) is 17.9. The molecule has 1 fully saturated rings. The number of nitrogens with zero attached hydrogens (tertiary/aromatic N) is 2. The number of hydrogen-bond acceptors (Lipinski definition) is 3. The maximum absolute atomic E-state index is 12.4. The highest BCUT2D eigenvalue weighted by Gasteiger charge is 2.21. The predicted molar refractivity (Wildman–Crippen MR) is 122 cm³/mol. The van der Waals surface area contributed by atoms with Gasteiger partial charge in [0.15, 0.2) is 0 Å². The molecular weight excluding hydrogens is 412 g/mol. The van der Waals surface area contributed by atoms with E-state index < -0.39 is 0 Å². The van der Waals surface area contributed by atoms with Crippen LogP contribution in [0.2, 0.25) is 5.02 Å². The van der Waals surface area contributed by atoms with Gasteiger partial charge in [-0.05, 0) is 54.8 Å². The molecule has 0 saturated heterocycles. The summed E-state index contributed by atoms with van der Waals surface area (Å²) < 4.78 is 1.85. The van der Waals surface area contributed by atoms with Gasteiger partial charge in [-0.15, -0.1) is 0 Å². The van der Waals surface area contributed by atoms with Gasteiger partial charge in [0.2, 0.25) is 5.91 Å². The summed E-state index contributed by atoms with van der Waals surface area (Å²) >= 11 is 5.87. The SMILES string of the molecule is O=C(Nc1ccc(Cl)cc1)c1cn(Cc2ccc(NC(=O)C3CCCCC3)cc2)cn1. The Morgan fingerprint density at radius 1 is 0.935 bits per heavy atom. The Balaban J connectivity index is 1.32. The summed E-state index contributed by atoms with van der Waals surface area (Å²) in [6, 6.07) is 14.7. The van der Waals surface area contributed by atoms with E-state index in [1.165, 1.54) is 6.42 Å². The first kappa shape index (κ1) is 21.1. The van der Waals surface area contributed by atoms with Crippen molar-refractivity contribution < 1.29 is 9.59 Å². The number of carbonyl (C=O) groups is 2. The second kappa shape index (κ2) is 9.79. The number of amides is 2. The quantitative estimate of drug-likeness (QED) is 0.546. The molecule has 0 spiro atoms. The Labute approximate surface area is 186 Å². The molecule has 0 unspecified atom stereocenters. The molecule has 7 heteroatoms. The molecule has 1 saturated carbocycles. The number of anilines is 2. The van der Waals surface area contributed by atoms with Crippen molar-refractivity contribution >= 4 is 34.8 Å². The normalized spacial score (nSPS) is 14.2. The van der Waals surface area contributed by atoms with Crippen LogP contribution in [0.4, 0.5) is 11.4 Å². The number of aromatic nitrogens is 2. The molecule has 1 aliphatic rings. The molecular formula is C24H25ClN4O2. The lowest BCUT2D eigenvalue weighted by atomic mass is 9.88. The Morgan fingerprint density at radius 3 is 2.29 bits per heavy atom. The fourth-order valence-corrected chi connectivity index (χ4v) is 3.93. The third-order valence-corrected chi connectivity index (χ3v) is 5.78.